The molecule has 1 amide bonds. The maximum absolute atomic E-state index is 12.1. The Labute approximate surface area is 159 Å². The average molecular weight is 395 g/mol. The van der Waals surface area contributed by atoms with Gasteiger partial charge in [0.15, 0.2) is 0 Å². The van der Waals surface area contributed by atoms with Crippen LogP contribution in [0.4, 0.5) is 5.69 Å². The molecule has 0 fully saturated rings. The first-order valence-electron chi connectivity index (χ1n) is 7.76. The zero-order valence-electron chi connectivity index (χ0n) is 13.5. The summed E-state index contributed by atoms with van der Waals surface area (Å²) >= 11 is 13.5. The van der Waals surface area contributed by atoms with E-state index in [2.05, 4.69) is 10.3 Å². The van der Waals surface area contributed by atoms with Crippen LogP contribution < -0.4 is 10.1 Å². The second kappa shape index (κ2) is 8.04. The summed E-state index contributed by atoms with van der Waals surface area (Å²) in [5.41, 5.74) is 1.73. The van der Waals surface area contributed by atoms with Gasteiger partial charge < -0.3 is 10.1 Å². The van der Waals surface area contributed by atoms with Crippen LogP contribution in [0.5, 0.6) is 5.75 Å². The minimum atomic E-state index is -0.0496. The van der Waals surface area contributed by atoms with Crippen molar-refractivity contribution in [3.8, 4) is 5.75 Å². The summed E-state index contributed by atoms with van der Waals surface area (Å²) in [5, 5.41) is 4.94. The van der Waals surface area contributed by atoms with Crippen molar-refractivity contribution in [2.75, 3.05) is 11.9 Å². The summed E-state index contributed by atoms with van der Waals surface area (Å²) in [6, 6.07) is 10.8. The summed E-state index contributed by atoms with van der Waals surface area (Å²) in [7, 11) is 0. The summed E-state index contributed by atoms with van der Waals surface area (Å²) in [5.74, 6) is 0.517. The van der Waals surface area contributed by atoms with E-state index in [1.165, 1.54) is 0 Å². The van der Waals surface area contributed by atoms with Crippen molar-refractivity contribution in [1.29, 1.82) is 0 Å². The number of nitrogens with zero attached hydrogens (tertiary/aromatic N) is 1. The predicted octanol–water partition coefficient (Wildman–Crippen LogP) is 5.71. The number of carbonyl (C=O) groups is 1. The van der Waals surface area contributed by atoms with E-state index in [0.717, 1.165) is 20.9 Å². The quantitative estimate of drug-likeness (QED) is 0.544. The smallest absolute Gasteiger partial charge is 0.224 e. The zero-order valence-corrected chi connectivity index (χ0v) is 15.8. The Bertz CT molecular complexity index is 911. The van der Waals surface area contributed by atoms with Gasteiger partial charge in [0.05, 0.1) is 26.9 Å². The van der Waals surface area contributed by atoms with E-state index in [1.54, 1.807) is 29.5 Å². The zero-order chi connectivity index (χ0) is 17.8. The first kappa shape index (κ1) is 18.0. The molecule has 2 aromatic carbocycles. The predicted molar refractivity (Wildman–Crippen MR) is 104 cm³/mol. The van der Waals surface area contributed by atoms with E-state index in [1.807, 2.05) is 25.1 Å². The fourth-order valence-corrected chi connectivity index (χ4v) is 3.68. The number of hydrogen-bond acceptors (Lipinski definition) is 4. The molecule has 0 aliphatic heterocycles. The second-order valence-corrected chi connectivity index (χ2v) is 7.57. The molecule has 1 heterocycles. The number of ether oxygens (including phenoxy) is 1. The molecule has 4 nitrogen and oxygen atoms in total. The van der Waals surface area contributed by atoms with Gasteiger partial charge in [-0.1, -0.05) is 23.2 Å². The number of fused-ring (bicyclic) bond motifs is 1. The van der Waals surface area contributed by atoms with Crippen LogP contribution in [0.15, 0.2) is 36.4 Å². The number of anilines is 1. The molecule has 7 heteroatoms. The Balaban J connectivity index is 1.47. The molecule has 0 aliphatic rings. The SMILES string of the molecule is Cc1nc2ccc(NC(=O)CCCOc3ccc(Cl)cc3Cl)cc2s1. The Morgan fingerprint density at radius 2 is 2.08 bits per heavy atom. The topological polar surface area (TPSA) is 51.2 Å². The normalized spacial score (nSPS) is 10.8. The molecule has 3 rings (SSSR count). The molecule has 0 saturated heterocycles. The lowest BCUT2D eigenvalue weighted by Crippen LogP contribution is -2.12. The monoisotopic (exact) mass is 394 g/mol. The maximum atomic E-state index is 12.1. The molecular weight excluding hydrogens is 379 g/mol. The summed E-state index contributed by atoms with van der Waals surface area (Å²) < 4.78 is 6.64. The van der Waals surface area contributed by atoms with Crippen LogP contribution in [0, 0.1) is 6.92 Å². The molecule has 0 radical (unpaired) electrons. The third-order valence-corrected chi connectivity index (χ3v) is 4.94. The minimum Gasteiger partial charge on any atom is -0.492 e. The fourth-order valence-electron chi connectivity index (χ4n) is 2.35. The number of rotatable bonds is 6. The lowest BCUT2D eigenvalue weighted by atomic mass is 10.2. The van der Waals surface area contributed by atoms with Crippen LogP contribution in [0.1, 0.15) is 17.8 Å². The molecule has 0 bridgehead atoms. The highest BCUT2D eigenvalue weighted by atomic mass is 35.5. The Morgan fingerprint density at radius 1 is 1.24 bits per heavy atom. The van der Waals surface area contributed by atoms with Gasteiger partial charge in [-0.15, -0.1) is 11.3 Å². The number of hydrogen-bond donors (Lipinski definition) is 1. The molecule has 0 atom stereocenters. The van der Waals surface area contributed by atoms with Crippen molar-refractivity contribution < 1.29 is 9.53 Å². The van der Waals surface area contributed by atoms with E-state index >= 15 is 0 Å². The van der Waals surface area contributed by atoms with Gasteiger partial charge in [-0.05, 0) is 49.7 Å². The number of aromatic nitrogens is 1. The molecule has 130 valence electrons. The van der Waals surface area contributed by atoms with Crippen LogP contribution in [-0.4, -0.2) is 17.5 Å². The van der Waals surface area contributed by atoms with Gasteiger partial charge in [0, 0.05) is 17.1 Å². The van der Waals surface area contributed by atoms with Crippen LogP contribution >= 0.6 is 34.5 Å². The molecule has 0 aliphatic carbocycles. The molecule has 0 unspecified atom stereocenters. The van der Waals surface area contributed by atoms with Gasteiger partial charge in [-0.2, -0.15) is 0 Å². The van der Waals surface area contributed by atoms with Crippen molar-refractivity contribution in [2.24, 2.45) is 0 Å². The van der Waals surface area contributed by atoms with Gasteiger partial charge in [-0.25, -0.2) is 4.98 Å². The number of halogens is 2. The first-order valence-corrected chi connectivity index (χ1v) is 9.33. The summed E-state index contributed by atoms with van der Waals surface area (Å²) in [6.07, 6.45) is 0.956. The Hall–Kier alpha value is -1.82. The van der Waals surface area contributed by atoms with Crippen LogP contribution in [0.25, 0.3) is 10.2 Å². The summed E-state index contributed by atoms with van der Waals surface area (Å²) in [6.45, 7) is 2.37. The highest BCUT2D eigenvalue weighted by molar-refractivity contribution is 7.18. The highest BCUT2D eigenvalue weighted by Crippen LogP contribution is 2.28. The lowest BCUT2D eigenvalue weighted by Gasteiger charge is -2.08. The van der Waals surface area contributed by atoms with Crippen molar-refractivity contribution in [3.63, 3.8) is 0 Å². The lowest BCUT2D eigenvalue weighted by molar-refractivity contribution is -0.116. The van der Waals surface area contributed by atoms with Gasteiger partial charge >= 0.3 is 0 Å². The third kappa shape index (κ3) is 4.84. The van der Waals surface area contributed by atoms with E-state index in [-0.39, 0.29) is 5.91 Å². The first-order chi connectivity index (χ1) is 12.0. The molecule has 1 aromatic heterocycles. The maximum Gasteiger partial charge on any atom is 0.224 e. The molecule has 3 aromatic rings. The number of nitrogens with one attached hydrogen (secondary N) is 1. The largest absolute Gasteiger partial charge is 0.492 e. The average Bonchev–Trinajstić information content (AvgIpc) is 2.92. The number of aryl methyl sites for hydroxylation is 1. The van der Waals surface area contributed by atoms with Crippen LogP contribution in [0.2, 0.25) is 10.0 Å². The van der Waals surface area contributed by atoms with Gasteiger partial charge in [0.1, 0.15) is 5.75 Å². The van der Waals surface area contributed by atoms with Gasteiger partial charge in [0.25, 0.3) is 0 Å². The van der Waals surface area contributed by atoms with Gasteiger partial charge in [-0.3, -0.25) is 4.79 Å². The standard InChI is InChI=1S/C18H16Cl2N2O2S/c1-11-21-15-6-5-13(10-17(15)25-11)22-18(23)3-2-8-24-16-7-4-12(19)9-14(16)20/h4-7,9-10H,2-3,8H2,1H3,(H,22,23). The molecule has 0 saturated carbocycles. The molecule has 25 heavy (non-hydrogen) atoms. The van der Waals surface area contributed by atoms with Gasteiger partial charge in [0.2, 0.25) is 5.91 Å². The highest BCUT2D eigenvalue weighted by Gasteiger charge is 2.07. The van der Waals surface area contributed by atoms with Crippen molar-refractivity contribution in [3.05, 3.63) is 51.5 Å². The Kier molecular flexibility index (Phi) is 5.78. The molecule has 1 N–H and O–H groups in total. The van der Waals surface area contributed by atoms with E-state index < -0.39 is 0 Å². The van der Waals surface area contributed by atoms with Crippen molar-refractivity contribution in [1.82, 2.24) is 4.98 Å². The van der Waals surface area contributed by atoms with Crippen LogP contribution in [-0.2, 0) is 4.79 Å². The number of carbonyl (C=O) groups excluding carboxylic acids is 1. The van der Waals surface area contributed by atoms with E-state index in [4.69, 9.17) is 27.9 Å². The van der Waals surface area contributed by atoms with Crippen molar-refractivity contribution >= 4 is 56.3 Å². The number of thiazole rings is 1. The molecule has 0 spiro atoms. The van der Waals surface area contributed by atoms with E-state index in [0.29, 0.717) is 35.2 Å². The second-order valence-electron chi connectivity index (χ2n) is 5.49. The van der Waals surface area contributed by atoms with Crippen LogP contribution in [0.3, 0.4) is 0 Å². The minimum absolute atomic E-state index is 0.0496. The van der Waals surface area contributed by atoms with Crippen molar-refractivity contribution in [2.45, 2.75) is 19.8 Å². The fraction of sp³-hybridized carbons (Fsp3) is 0.222. The molecular formula is C18H16Cl2N2O2S. The number of amides is 1. The van der Waals surface area contributed by atoms with E-state index in [9.17, 15) is 4.79 Å². The third-order valence-electron chi connectivity index (χ3n) is 3.48. The number of benzene rings is 2. The Morgan fingerprint density at radius 3 is 2.88 bits per heavy atom. The summed E-state index contributed by atoms with van der Waals surface area (Å²) in [4.78, 5) is 16.5.